The summed E-state index contributed by atoms with van der Waals surface area (Å²) >= 11 is 3.44. The van der Waals surface area contributed by atoms with Crippen molar-refractivity contribution in [3.63, 3.8) is 0 Å². The largest absolute Gasteiger partial charge is 0.379 e. The van der Waals surface area contributed by atoms with Crippen LogP contribution in [0.2, 0.25) is 0 Å². The zero-order chi connectivity index (χ0) is 9.10. The summed E-state index contributed by atoms with van der Waals surface area (Å²) in [6.45, 7) is 1.52. The van der Waals surface area contributed by atoms with Crippen molar-refractivity contribution in [2.45, 2.75) is 25.2 Å². The maximum atomic E-state index is 5.69. The lowest BCUT2D eigenvalue weighted by atomic mass is 10.3. The molecular weight excluding hydrogens is 234 g/mol. The van der Waals surface area contributed by atoms with E-state index in [2.05, 4.69) is 20.9 Å². The highest BCUT2D eigenvalue weighted by molar-refractivity contribution is 9.11. The number of nitrogens with zero attached hydrogens (tertiary/aromatic N) is 1. The predicted octanol–water partition coefficient (Wildman–Crippen LogP) is 1.87. The van der Waals surface area contributed by atoms with Gasteiger partial charge in [0.1, 0.15) is 0 Å². The first kappa shape index (κ1) is 9.37. The van der Waals surface area contributed by atoms with E-state index in [0.29, 0.717) is 6.61 Å². The molecule has 2 atom stereocenters. The molecule has 13 heavy (non-hydrogen) atoms. The van der Waals surface area contributed by atoms with Crippen LogP contribution in [0.5, 0.6) is 0 Å². The van der Waals surface area contributed by atoms with Crippen molar-refractivity contribution in [3.8, 4) is 0 Å². The van der Waals surface area contributed by atoms with E-state index in [1.54, 1.807) is 0 Å². The quantitative estimate of drug-likeness (QED) is 0.744. The number of aliphatic imine (C=N–C) groups is 1. The molecule has 1 unspecified atom stereocenters. The Morgan fingerprint density at radius 1 is 1.62 bits per heavy atom. The van der Waals surface area contributed by atoms with E-state index in [0.717, 1.165) is 23.9 Å². The maximum absolute atomic E-state index is 5.69. The molecule has 4 heteroatoms. The normalized spacial score (nSPS) is 33.5. The molecule has 0 aromatic heterocycles. The van der Waals surface area contributed by atoms with Gasteiger partial charge in [-0.05, 0) is 12.5 Å². The van der Waals surface area contributed by atoms with E-state index in [1.807, 2.05) is 12.3 Å². The first-order chi connectivity index (χ1) is 6.34. The van der Waals surface area contributed by atoms with Gasteiger partial charge in [0.2, 0.25) is 0 Å². The lowest BCUT2D eigenvalue weighted by Crippen LogP contribution is -2.20. The number of hydrogen-bond acceptors (Lipinski definition) is 3. The molecule has 2 rings (SSSR count). The zero-order valence-electron chi connectivity index (χ0n) is 7.28. The molecular formula is C9H12BrNO2. The van der Waals surface area contributed by atoms with Crippen molar-refractivity contribution in [3.05, 3.63) is 10.6 Å². The molecule has 0 aromatic rings. The first-order valence-corrected chi connectivity index (χ1v) is 5.25. The highest BCUT2D eigenvalue weighted by Gasteiger charge is 2.20. The summed E-state index contributed by atoms with van der Waals surface area (Å²) in [6, 6.07) is 0. The van der Waals surface area contributed by atoms with Gasteiger partial charge in [0.15, 0.2) is 6.23 Å². The molecule has 0 saturated carbocycles. The molecule has 3 nitrogen and oxygen atoms in total. The molecule has 0 radical (unpaired) electrons. The second-order valence-electron chi connectivity index (χ2n) is 3.16. The highest BCUT2D eigenvalue weighted by atomic mass is 79.9. The van der Waals surface area contributed by atoms with Crippen LogP contribution in [0, 0.1) is 0 Å². The number of allylic oxidation sites excluding steroid dienone is 1. The monoisotopic (exact) mass is 245 g/mol. The summed E-state index contributed by atoms with van der Waals surface area (Å²) < 4.78 is 12.1. The molecule has 0 spiro atoms. The predicted molar refractivity (Wildman–Crippen MR) is 54.2 cm³/mol. The summed E-state index contributed by atoms with van der Waals surface area (Å²) in [4.78, 5) is 4.23. The van der Waals surface area contributed by atoms with E-state index in [9.17, 15) is 0 Å². The van der Waals surface area contributed by atoms with Crippen LogP contribution >= 0.6 is 15.9 Å². The Hall–Kier alpha value is -0.190. The highest BCUT2D eigenvalue weighted by Crippen LogP contribution is 2.19. The first-order valence-electron chi connectivity index (χ1n) is 4.45. The second-order valence-corrected chi connectivity index (χ2v) is 4.18. The van der Waals surface area contributed by atoms with Gasteiger partial charge < -0.3 is 9.47 Å². The fourth-order valence-corrected chi connectivity index (χ4v) is 1.77. The summed E-state index contributed by atoms with van der Waals surface area (Å²) in [5.41, 5.74) is 0. The molecule has 72 valence electrons. The molecule has 2 heterocycles. The third kappa shape index (κ3) is 2.62. The number of dihydropyridines is 1. The van der Waals surface area contributed by atoms with Crippen LogP contribution in [0.4, 0.5) is 0 Å². The summed E-state index contributed by atoms with van der Waals surface area (Å²) in [5.74, 6) is 0. The molecule has 2 aliphatic heterocycles. The molecule has 1 fully saturated rings. The molecule has 0 bridgehead atoms. The van der Waals surface area contributed by atoms with Crippen LogP contribution in [0.15, 0.2) is 15.6 Å². The topological polar surface area (TPSA) is 30.8 Å². The average molecular weight is 246 g/mol. The summed E-state index contributed by atoms with van der Waals surface area (Å²) in [6.07, 6.45) is 5.84. The van der Waals surface area contributed by atoms with Crippen molar-refractivity contribution in [1.82, 2.24) is 0 Å². The van der Waals surface area contributed by atoms with Crippen LogP contribution in [0.1, 0.15) is 12.8 Å². The molecule has 0 N–H and O–H groups in total. The standard InChI is InChI=1S/C9H12BrNO2/c10-7-1-3-11-9(5-7)13-8-2-4-12-6-8/h3,5,8-9H,1-2,4,6H2/t8-,9?/m0/s1. The average Bonchev–Trinajstić information content (AvgIpc) is 2.57. The molecule has 1 saturated heterocycles. The Kier molecular flexibility index (Phi) is 3.14. The van der Waals surface area contributed by atoms with Gasteiger partial charge >= 0.3 is 0 Å². The Morgan fingerprint density at radius 2 is 2.54 bits per heavy atom. The molecule has 0 amide bonds. The number of ether oxygens (including phenoxy) is 2. The van der Waals surface area contributed by atoms with Gasteiger partial charge in [-0.1, -0.05) is 15.9 Å². The SMILES string of the molecule is BrC1=CC(O[C@H]2CCOC2)N=CC1. The Labute approximate surface area is 85.9 Å². The number of halogens is 1. The Balaban J connectivity index is 1.86. The second kappa shape index (κ2) is 4.35. The van der Waals surface area contributed by atoms with E-state index in [1.165, 1.54) is 0 Å². The van der Waals surface area contributed by atoms with Crippen molar-refractivity contribution < 1.29 is 9.47 Å². The van der Waals surface area contributed by atoms with Crippen molar-refractivity contribution in [2.24, 2.45) is 4.99 Å². The van der Waals surface area contributed by atoms with Gasteiger partial charge in [0.25, 0.3) is 0 Å². The van der Waals surface area contributed by atoms with Gasteiger partial charge in [0, 0.05) is 23.7 Å². The summed E-state index contributed by atoms with van der Waals surface area (Å²) in [5, 5.41) is 0. The minimum Gasteiger partial charge on any atom is -0.379 e. The number of hydrogen-bond donors (Lipinski definition) is 0. The van der Waals surface area contributed by atoms with Crippen LogP contribution in [-0.2, 0) is 9.47 Å². The van der Waals surface area contributed by atoms with Crippen LogP contribution in [0.25, 0.3) is 0 Å². The van der Waals surface area contributed by atoms with Gasteiger partial charge in [-0.25, -0.2) is 0 Å². The third-order valence-corrected chi connectivity index (χ3v) is 2.67. The number of rotatable bonds is 2. The van der Waals surface area contributed by atoms with Gasteiger partial charge in [-0.15, -0.1) is 0 Å². The van der Waals surface area contributed by atoms with Gasteiger partial charge in [0.05, 0.1) is 12.7 Å². The van der Waals surface area contributed by atoms with Crippen molar-refractivity contribution >= 4 is 22.1 Å². The zero-order valence-corrected chi connectivity index (χ0v) is 8.87. The Morgan fingerprint density at radius 3 is 3.23 bits per heavy atom. The van der Waals surface area contributed by atoms with E-state index in [-0.39, 0.29) is 12.3 Å². The minimum atomic E-state index is -0.116. The smallest absolute Gasteiger partial charge is 0.168 e. The van der Waals surface area contributed by atoms with Gasteiger partial charge in [-0.2, -0.15) is 0 Å². The molecule has 2 aliphatic rings. The van der Waals surface area contributed by atoms with Gasteiger partial charge in [-0.3, -0.25) is 4.99 Å². The van der Waals surface area contributed by atoms with E-state index in [4.69, 9.17) is 9.47 Å². The molecule has 0 aromatic carbocycles. The van der Waals surface area contributed by atoms with E-state index < -0.39 is 0 Å². The van der Waals surface area contributed by atoms with Crippen LogP contribution in [-0.4, -0.2) is 31.8 Å². The van der Waals surface area contributed by atoms with Crippen molar-refractivity contribution in [2.75, 3.05) is 13.2 Å². The van der Waals surface area contributed by atoms with Crippen molar-refractivity contribution in [1.29, 1.82) is 0 Å². The lowest BCUT2D eigenvalue weighted by Gasteiger charge is -2.17. The summed E-state index contributed by atoms with van der Waals surface area (Å²) in [7, 11) is 0. The fraction of sp³-hybridized carbons (Fsp3) is 0.667. The van der Waals surface area contributed by atoms with Crippen LogP contribution in [0.3, 0.4) is 0 Å². The molecule has 0 aliphatic carbocycles. The maximum Gasteiger partial charge on any atom is 0.168 e. The fourth-order valence-electron chi connectivity index (χ4n) is 1.40. The third-order valence-electron chi connectivity index (χ3n) is 2.08. The van der Waals surface area contributed by atoms with Crippen LogP contribution < -0.4 is 0 Å². The lowest BCUT2D eigenvalue weighted by molar-refractivity contribution is 0.0114. The Bertz CT molecular complexity index is 234. The van der Waals surface area contributed by atoms with E-state index >= 15 is 0 Å². The minimum absolute atomic E-state index is 0.116.